The molecule has 0 aliphatic carbocycles. The van der Waals surface area contributed by atoms with Crippen LogP contribution in [0.25, 0.3) is 0 Å². The molecule has 2 rings (SSSR count). The monoisotopic (exact) mass is 253 g/mol. The average Bonchev–Trinajstić information content (AvgIpc) is 2.84. The van der Waals surface area contributed by atoms with E-state index in [1.165, 1.54) is 10.9 Å². The van der Waals surface area contributed by atoms with Crippen LogP contribution in [0, 0.1) is 0 Å². The Kier molecular flexibility index (Phi) is 3.49. The molecule has 2 aromatic heterocycles. The van der Waals surface area contributed by atoms with Gasteiger partial charge < -0.3 is 9.73 Å². The zero-order valence-electron chi connectivity index (χ0n) is 9.31. The van der Waals surface area contributed by atoms with Crippen molar-refractivity contribution >= 4 is 17.3 Å². The highest BCUT2D eigenvalue weighted by atomic mass is 35.5. The number of hydrogen-bond donors (Lipinski definition) is 1. The fraction of sp³-hybridized carbons (Fsp3) is 0.273. The van der Waals surface area contributed by atoms with Crippen LogP contribution < -0.4 is 10.9 Å². The Morgan fingerprint density at radius 1 is 1.59 bits per heavy atom. The molecular weight excluding hydrogens is 242 g/mol. The van der Waals surface area contributed by atoms with Crippen molar-refractivity contribution in [3.05, 3.63) is 45.7 Å². The maximum absolute atomic E-state index is 11.7. The van der Waals surface area contributed by atoms with E-state index in [0.29, 0.717) is 18.8 Å². The summed E-state index contributed by atoms with van der Waals surface area (Å²) in [6.45, 7) is 2.79. The number of rotatable bonds is 4. The Labute approximate surface area is 103 Å². The first-order chi connectivity index (χ1) is 8.22. The van der Waals surface area contributed by atoms with Crippen LogP contribution in [0.15, 0.2) is 33.8 Å². The zero-order valence-corrected chi connectivity index (χ0v) is 10.1. The molecule has 0 saturated heterocycles. The van der Waals surface area contributed by atoms with Gasteiger partial charge in [0.25, 0.3) is 5.56 Å². The molecule has 2 heterocycles. The van der Waals surface area contributed by atoms with Gasteiger partial charge in [0.15, 0.2) is 0 Å². The van der Waals surface area contributed by atoms with Gasteiger partial charge in [-0.2, -0.15) is 5.10 Å². The lowest BCUT2D eigenvalue weighted by atomic mass is 10.4. The second-order valence-corrected chi connectivity index (χ2v) is 3.80. The van der Waals surface area contributed by atoms with Crippen molar-refractivity contribution in [1.82, 2.24) is 9.78 Å². The minimum atomic E-state index is -0.293. The molecule has 5 nitrogen and oxygen atoms in total. The smallest absolute Gasteiger partial charge is 0.287 e. The summed E-state index contributed by atoms with van der Waals surface area (Å²) in [5, 5.41) is 7.14. The number of aromatic nitrogens is 2. The van der Waals surface area contributed by atoms with Gasteiger partial charge in [0.2, 0.25) is 0 Å². The van der Waals surface area contributed by atoms with Crippen LogP contribution in [0.3, 0.4) is 0 Å². The number of halogens is 1. The van der Waals surface area contributed by atoms with E-state index in [1.54, 1.807) is 12.3 Å². The molecule has 0 bridgehead atoms. The van der Waals surface area contributed by atoms with E-state index in [0.717, 1.165) is 5.76 Å². The van der Waals surface area contributed by atoms with Crippen LogP contribution in [0.2, 0.25) is 5.02 Å². The zero-order chi connectivity index (χ0) is 12.3. The topological polar surface area (TPSA) is 60.1 Å². The van der Waals surface area contributed by atoms with Crippen LogP contribution in [0.5, 0.6) is 0 Å². The second kappa shape index (κ2) is 5.05. The minimum absolute atomic E-state index is 0.147. The van der Waals surface area contributed by atoms with Crippen molar-refractivity contribution < 1.29 is 4.42 Å². The van der Waals surface area contributed by atoms with Gasteiger partial charge in [0.1, 0.15) is 10.8 Å². The summed E-state index contributed by atoms with van der Waals surface area (Å²) in [4.78, 5) is 11.7. The van der Waals surface area contributed by atoms with Crippen LogP contribution >= 0.6 is 11.6 Å². The molecule has 0 aromatic carbocycles. The summed E-state index contributed by atoms with van der Waals surface area (Å²) in [5.74, 6) is 0.765. The van der Waals surface area contributed by atoms with Gasteiger partial charge in [-0.05, 0) is 19.1 Å². The van der Waals surface area contributed by atoms with E-state index in [1.807, 2.05) is 13.0 Å². The summed E-state index contributed by atoms with van der Waals surface area (Å²) in [6, 6.07) is 3.63. The van der Waals surface area contributed by atoms with E-state index in [4.69, 9.17) is 16.0 Å². The summed E-state index contributed by atoms with van der Waals surface area (Å²) in [6.07, 6.45) is 3.13. The third-order valence-electron chi connectivity index (χ3n) is 2.32. The molecule has 0 unspecified atom stereocenters. The maximum Gasteiger partial charge on any atom is 0.287 e. The first-order valence-corrected chi connectivity index (χ1v) is 5.62. The Balaban J connectivity index is 2.17. The highest BCUT2D eigenvalue weighted by Gasteiger charge is 2.08. The van der Waals surface area contributed by atoms with Crippen LogP contribution in [-0.4, -0.2) is 9.78 Å². The summed E-state index contributed by atoms with van der Waals surface area (Å²) >= 11 is 5.95. The van der Waals surface area contributed by atoms with Gasteiger partial charge in [0, 0.05) is 6.54 Å². The number of hydrogen-bond acceptors (Lipinski definition) is 4. The second-order valence-electron chi connectivity index (χ2n) is 3.43. The van der Waals surface area contributed by atoms with Gasteiger partial charge in [-0.1, -0.05) is 11.6 Å². The number of nitrogens with one attached hydrogen (secondary N) is 1. The van der Waals surface area contributed by atoms with Crippen molar-refractivity contribution in [3.63, 3.8) is 0 Å². The molecule has 0 spiro atoms. The lowest BCUT2D eigenvalue weighted by Gasteiger charge is -2.07. The Bertz CT molecular complexity index is 548. The molecule has 0 amide bonds. The van der Waals surface area contributed by atoms with E-state index >= 15 is 0 Å². The molecule has 0 aliphatic rings. The molecule has 0 aliphatic heterocycles. The van der Waals surface area contributed by atoms with Crippen LogP contribution in [-0.2, 0) is 13.1 Å². The van der Waals surface area contributed by atoms with E-state index < -0.39 is 0 Å². The van der Waals surface area contributed by atoms with Gasteiger partial charge in [0.05, 0.1) is 24.7 Å². The first-order valence-electron chi connectivity index (χ1n) is 5.24. The van der Waals surface area contributed by atoms with Crippen molar-refractivity contribution in [2.24, 2.45) is 0 Å². The molecule has 90 valence electrons. The third kappa shape index (κ3) is 2.50. The van der Waals surface area contributed by atoms with Crippen molar-refractivity contribution in [1.29, 1.82) is 0 Å². The van der Waals surface area contributed by atoms with Crippen LogP contribution in [0.1, 0.15) is 12.7 Å². The van der Waals surface area contributed by atoms with E-state index in [2.05, 4.69) is 10.4 Å². The van der Waals surface area contributed by atoms with Crippen molar-refractivity contribution in [2.75, 3.05) is 5.32 Å². The first kappa shape index (κ1) is 11.7. The standard InChI is InChI=1S/C11H12ClN3O2/c1-2-15-11(16)10(12)9(7-14-15)13-6-8-4-3-5-17-8/h3-5,7,13H,2,6H2,1H3. The lowest BCUT2D eigenvalue weighted by molar-refractivity contribution is 0.518. The van der Waals surface area contributed by atoms with Gasteiger partial charge in [-0.15, -0.1) is 0 Å². The van der Waals surface area contributed by atoms with Gasteiger partial charge >= 0.3 is 0 Å². The number of furan rings is 1. The molecular formula is C11H12ClN3O2. The maximum atomic E-state index is 11.7. The third-order valence-corrected chi connectivity index (χ3v) is 2.68. The molecule has 0 atom stereocenters. The molecule has 2 aromatic rings. The SMILES string of the molecule is CCn1ncc(NCc2ccco2)c(Cl)c1=O. The number of aryl methyl sites for hydroxylation is 1. The van der Waals surface area contributed by atoms with E-state index in [9.17, 15) is 4.79 Å². The molecule has 0 radical (unpaired) electrons. The molecule has 0 fully saturated rings. The molecule has 1 N–H and O–H groups in total. The molecule has 6 heteroatoms. The van der Waals surface area contributed by atoms with Crippen LogP contribution in [0.4, 0.5) is 5.69 Å². The number of anilines is 1. The van der Waals surface area contributed by atoms with Gasteiger partial charge in [-0.25, -0.2) is 4.68 Å². The Morgan fingerprint density at radius 2 is 2.41 bits per heavy atom. The summed E-state index contributed by atoms with van der Waals surface area (Å²) in [7, 11) is 0. The highest BCUT2D eigenvalue weighted by Crippen LogP contribution is 2.16. The molecule has 17 heavy (non-hydrogen) atoms. The predicted octanol–water partition coefficient (Wildman–Crippen LogP) is 2.12. The average molecular weight is 254 g/mol. The predicted molar refractivity (Wildman–Crippen MR) is 65.2 cm³/mol. The fourth-order valence-electron chi connectivity index (χ4n) is 1.41. The minimum Gasteiger partial charge on any atom is -0.467 e. The number of nitrogens with zero attached hydrogens (tertiary/aromatic N) is 2. The fourth-order valence-corrected chi connectivity index (χ4v) is 1.62. The van der Waals surface area contributed by atoms with Crippen molar-refractivity contribution in [3.8, 4) is 0 Å². The van der Waals surface area contributed by atoms with Crippen molar-refractivity contribution in [2.45, 2.75) is 20.0 Å². The van der Waals surface area contributed by atoms with E-state index in [-0.39, 0.29) is 10.6 Å². The Morgan fingerprint density at radius 3 is 3.06 bits per heavy atom. The quantitative estimate of drug-likeness (QED) is 0.907. The summed E-state index contributed by atoms with van der Waals surface area (Å²) in [5.41, 5.74) is 0.219. The molecule has 0 saturated carbocycles. The largest absolute Gasteiger partial charge is 0.467 e. The lowest BCUT2D eigenvalue weighted by Crippen LogP contribution is -2.23. The summed E-state index contributed by atoms with van der Waals surface area (Å²) < 4.78 is 6.47. The normalized spacial score (nSPS) is 10.5. The van der Waals surface area contributed by atoms with Gasteiger partial charge in [-0.3, -0.25) is 4.79 Å². The highest BCUT2D eigenvalue weighted by molar-refractivity contribution is 6.32. The Hall–Kier alpha value is -1.75.